The van der Waals surface area contributed by atoms with Crippen molar-refractivity contribution in [2.45, 2.75) is 43.9 Å². The lowest BCUT2D eigenvalue weighted by molar-refractivity contribution is -0.113. The van der Waals surface area contributed by atoms with E-state index in [0.717, 1.165) is 29.1 Å². The maximum absolute atomic E-state index is 13.6. The van der Waals surface area contributed by atoms with Crippen LogP contribution in [0.2, 0.25) is 5.02 Å². The van der Waals surface area contributed by atoms with Gasteiger partial charge < -0.3 is 4.74 Å². The topological polar surface area (TPSA) is 29.5 Å². The zero-order valence-corrected chi connectivity index (χ0v) is 21.2. The van der Waals surface area contributed by atoms with Crippen LogP contribution in [0.25, 0.3) is 6.08 Å². The van der Waals surface area contributed by atoms with Gasteiger partial charge in [-0.2, -0.15) is 0 Å². The van der Waals surface area contributed by atoms with Crippen molar-refractivity contribution in [2.24, 2.45) is 17.8 Å². The molecule has 2 aromatic rings. The van der Waals surface area contributed by atoms with Crippen molar-refractivity contribution in [2.75, 3.05) is 12.0 Å². The lowest BCUT2D eigenvalue weighted by atomic mass is 9.48. The van der Waals surface area contributed by atoms with Crippen LogP contribution in [0.4, 0.5) is 10.1 Å². The van der Waals surface area contributed by atoms with Gasteiger partial charge >= 0.3 is 0 Å². The summed E-state index contributed by atoms with van der Waals surface area (Å²) in [5.41, 5.74) is 2.99. The zero-order valence-electron chi connectivity index (χ0n) is 18.9. The highest BCUT2D eigenvalue weighted by atomic mass is 35.5. The molecule has 3 nitrogen and oxygen atoms in total. The van der Waals surface area contributed by atoms with Crippen LogP contribution in [0.5, 0.6) is 5.75 Å². The summed E-state index contributed by atoms with van der Waals surface area (Å²) in [5, 5.41) is -0.0412. The van der Waals surface area contributed by atoms with E-state index in [1.54, 1.807) is 7.11 Å². The van der Waals surface area contributed by atoms with Crippen LogP contribution in [0, 0.1) is 23.6 Å². The fourth-order valence-corrected chi connectivity index (χ4v) is 8.56. The zero-order chi connectivity index (χ0) is 23.6. The van der Waals surface area contributed by atoms with Crippen LogP contribution >= 0.6 is 35.6 Å². The molecule has 0 aromatic heterocycles. The molecular weight excluding hydrogens is 489 g/mol. The first kappa shape index (κ1) is 22.6. The first-order chi connectivity index (χ1) is 16.3. The second-order valence-corrected chi connectivity index (χ2v) is 12.4. The highest BCUT2D eigenvalue weighted by Gasteiger charge is 2.51. The summed E-state index contributed by atoms with van der Waals surface area (Å²) in [6.45, 7) is 0. The summed E-state index contributed by atoms with van der Waals surface area (Å²) in [5.74, 6) is 2.54. The lowest BCUT2D eigenvalue weighted by Gasteiger charge is -2.57. The largest absolute Gasteiger partial charge is 0.496 e. The Morgan fingerprint density at radius 2 is 1.79 bits per heavy atom. The summed E-state index contributed by atoms with van der Waals surface area (Å²) in [4.78, 5) is 15.2. The summed E-state index contributed by atoms with van der Waals surface area (Å²) < 4.78 is 19.7. The van der Waals surface area contributed by atoms with Gasteiger partial charge in [-0.25, -0.2) is 4.39 Å². The molecule has 5 aliphatic rings. The number of thioether (sulfide) groups is 1. The predicted molar refractivity (Wildman–Crippen MR) is 140 cm³/mol. The molecule has 0 spiro atoms. The average Bonchev–Trinajstić information content (AvgIpc) is 3.07. The minimum atomic E-state index is -0.530. The van der Waals surface area contributed by atoms with Gasteiger partial charge in [0.25, 0.3) is 5.91 Å². The molecule has 4 aliphatic carbocycles. The van der Waals surface area contributed by atoms with Gasteiger partial charge in [-0.1, -0.05) is 41.6 Å². The third-order valence-electron chi connectivity index (χ3n) is 8.12. The van der Waals surface area contributed by atoms with Crippen molar-refractivity contribution in [1.29, 1.82) is 0 Å². The van der Waals surface area contributed by atoms with Crippen LogP contribution < -0.4 is 9.64 Å². The fourth-order valence-electron chi connectivity index (χ4n) is 7.10. The number of anilines is 1. The number of rotatable bonds is 4. The Labute approximate surface area is 213 Å². The van der Waals surface area contributed by atoms with E-state index in [1.807, 2.05) is 12.1 Å². The summed E-state index contributed by atoms with van der Waals surface area (Å²) in [6, 6.07) is 10.7. The molecule has 7 rings (SSSR count). The second kappa shape index (κ2) is 8.35. The number of benzene rings is 2. The van der Waals surface area contributed by atoms with Gasteiger partial charge in [0.05, 0.1) is 22.7 Å². The molecule has 1 amide bonds. The van der Waals surface area contributed by atoms with E-state index in [2.05, 4.69) is 12.1 Å². The molecule has 0 atom stereocenters. The van der Waals surface area contributed by atoms with E-state index in [1.165, 1.54) is 78.9 Å². The third-order valence-corrected chi connectivity index (χ3v) is 9.71. The number of carbonyl (C=O) groups excluding carboxylic acids is 1. The molecule has 4 bridgehead atoms. The van der Waals surface area contributed by atoms with Crippen molar-refractivity contribution in [3.8, 4) is 5.75 Å². The first-order valence-electron chi connectivity index (χ1n) is 11.8. The maximum Gasteiger partial charge on any atom is 0.270 e. The second-order valence-electron chi connectivity index (χ2n) is 10.3. The SMILES string of the molecule is COc1ccc(C23CC4CC(CC(C4)C2)C3)cc1/C=C1/SC(=S)N(c2ccc(F)c(Cl)c2)C1=O. The van der Waals surface area contributed by atoms with Gasteiger partial charge in [-0.05, 0) is 104 Å². The Bertz CT molecular complexity index is 1210. The van der Waals surface area contributed by atoms with E-state index in [9.17, 15) is 9.18 Å². The van der Waals surface area contributed by atoms with E-state index in [4.69, 9.17) is 28.6 Å². The van der Waals surface area contributed by atoms with Gasteiger partial charge in [0, 0.05) is 5.56 Å². The number of carbonyl (C=O) groups is 1. The van der Waals surface area contributed by atoms with Crippen LogP contribution in [-0.4, -0.2) is 17.3 Å². The van der Waals surface area contributed by atoms with Crippen molar-refractivity contribution in [3.63, 3.8) is 0 Å². The van der Waals surface area contributed by atoms with Crippen molar-refractivity contribution < 1.29 is 13.9 Å². The molecule has 2 aromatic carbocycles. The Kier molecular flexibility index (Phi) is 5.54. The summed E-state index contributed by atoms with van der Waals surface area (Å²) in [7, 11) is 1.66. The molecule has 34 heavy (non-hydrogen) atoms. The van der Waals surface area contributed by atoms with E-state index in [0.29, 0.717) is 14.9 Å². The maximum atomic E-state index is 13.6. The number of nitrogens with zero attached hydrogens (tertiary/aromatic N) is 1. The first-order valence-corrected chi connectivity index (χ1v) is 13.4. The standard InChI is InChI=1S/C27H25ClFNO2S2/c1-32-23-5-2-19(27-12-15-6-16(13-27)8-17(7-15)14-27)9-18(23)10-24-25(31)30(26(33)34-24)20-3-4-22(29)21(28)11-20/h2-5,9-11,15-17H,6-8,12-14H2,1H3/b24-10+. The lowest BCUT2D eigenvalue weighted by Crippen LogP contribution is -2.48. The number of thiocarbonyl (C=S) groups is 1. The number of amides is 1. The highest BCUT2D eigenvalue weighted by Crippen LogP contribution is 2.61. The quantitative estimate of drug-likeness (QED) is 0.315. The smallest absolute Gasteiger partial charge is 0.270 e. The number of hydrogen-bond acceptors (Lipinski definition) is 4. The molecule has 176 valence electrons. The third kappa shape index (κ3) is 3.69. The predicted octanol–water partition coefficient (Wildman–Crippen LogP) is 7.36. The number of halogens is 2. The Balaban J connectivity index is 1.35. The van der Waals surface area contributed by atoms with Crippen molar-refractivity contribution in [3.05, 3.63) is 63.3 Å². The number of methoxy groups -OCH3 is 1. The molecule has 4 saturated carbocycles. The van der Waals surface area contributed by atoms with Crippen LogP contribution in [0.3, 0.4) is 0 Å². The normalized spacial score (nSPS) is 31.1. The molecule has 7 heteroatoms. The minimum absolute atomic E-state index is 0.0412. The van der Waals surface area contributed by atoms with Gasteiger partial charge in [0.1, 0.15) is 11.6 Å². The number of ether oxygens (including phenoxy) is 1. The Hall–Kier alpha value is -1.89. The molecular formula is C27H25ClFNO2S2. The van der Waals surface area contributed by atoms with E-state index < -0.39 is 5.82 Å². The Morgan fingerprint density at radius 3 is 2.41 bits per heavy atom. The van der Waals surface area contributed by atoms with Gasteiger partial charge in [0.2, 0.25) is 0 Å². The summed E-state index contributed by atoms with van der Waals surface area (Å²) >= 11 is 12.7. The van der Waals surface area contributed by atoms with Gasteiger partial charge in [-0.15, -0.1) is 0 Å². The molecule has 1 saturated heterocycles. The summed E-state index contributed by atoms with van der Waals surface area (Å²) in [6.07, 6.45) is 9.91. The molecule has 0 radical (unpaired) electrons. The minimum Gasteiger partial charge on any atom is -0.496 e. The molecule has 0 N–H and O–H groups in total. The monoisotopic (exact) mass is 513 g/mol. The van der Waals surface area contributed by atoms with Crippen LogP contribution in [0.15, 0.2) is 41.3 Å². The number of hydrogen-bond donors (Lipinski definition) is 0. The van der Waals surface area contributed by atoms with E-state index >= 15 is 0 Å². The van der Waals surface area contributed by atoms with Crippen LogP contribution in [0.1, 0.15) is 49.7 Å². The fraction of sp³-hybridized carbons (Fsp3) is 0.407. The molecule has 5 fully saturated rings. The van der Waals surface area contributed by atoms with Crippen molar-refractivity contribution >= 4 is 57.6 Å². The Morgan fingerprint density at radius 1 is 1.12 bits per heavy atom. The van der Waals surface area contributed by atoms with E-state index in [-0.39, 0.29) is 16.3 Å². The van der Waals surface area contributed by atoms with Crippen LogP contribution in [-0.2, 0) is 10.2 Å². The average molecular weight is 514 g/mol. The molecule has 1 heterocycles. The van der Waals surface area contributed by atoms with Gasteiger partial charge in [-0.3, -0.25) is 9.69 Å². The molecule has 0 unspecified atom stereocenters. The van der Waals surface area contributed by atoms with Crippen molar-refractivity contribution in [1.82, 2.24) is 0 Å². The highest BCUT2D eigenvalue weighted by molar-refractivity contribution is 8.27. The molecule has 1 aliphatic heterocycles. The van der Waals surface area contributed by atoms with Gasteiger partial charge in [0.15, 0.2) is 4.32 Å².